The molecule has 12 aromatic heterocycles. The number of hydrogen-bond acceptors (Lipinski definition) is 26. The zero-order valence-corrected chi connectivity index (χ0v) is 66.3. The van der Waals surface area contributed by atoms with E-state index in [1.807, 2.05) is 67.0 Å². The molecule has 0 aromatic carbocycles. The fraction of sp³-hybridized carbons (Fsp3) is 0.419. The van der Waals surface area contributed by atoms with Crippen LogP contribution in [0.3, 0.4) is 0 Å². The maximum Gasteiger partial charge on any atom is 0.219 e. The van der Waals surface area contributed by atoms with Gasteiger partial charge in [0.25, 0.3) is 0 Å². The van der Waals surface area contributed by atoms with Gasteiger partial charge in [-0.15, -0.1) is 0 Å². The van der Waals surface area contributed by atoms with Crippen LogP contribution < -0.4 is 53.0 Å². The predicted molar refractivity (Wildman–Crippen MR) is 434 cm³/mol. The molecule has 109 heavy (non-hydrogen) atoms. The molecule has 4 aliphatic carbocycles. The molecule has 4 fully saturated rings. The first-order chi connectivity index (χ1) is 53.3. The van der Waals surface area contributed by atoms with Gasteiger partial charge in [0, 0.05) is 179 Å². The molecule has 31 nitrogen and oxygen atoms in total. The molecule has 0 radical (unpaired) electrons. The Balaban J connectivity index is 0.000000128. The van der Waals surface area contributed by atoms with Gasteiger partial charge in [-0.25, -0.2) is 29.9 Å². The summed E-state index contributed by atoms with van der Waals surface area (Å²) in [7, 11) is 0. The average molecular weight is 1740 g/mol. The minimum absolute atomic E-state index is 0.185. The van der Waals surface area contributed by atoms with Gasteiger partial charge in [-0.05, 0) is 144 Å². The summed E-state index contributed by atoms with van der Waals surface area (Å²) in [5.74, 6) is 7.68. The highest BCUT2D eigenvalue weighted by molar-refractivity contribution is 9.11. The Hall–Kier alpha value is -9.23. The SMILES string of the molecule is Nc1ncc(CNc2cc(N[C@@H]3CCCC[C@@H]3CO)nc3c(Br)cnn23)cn1.OC[C@@H]1CCC[C@@H]1Nc1cc(NCc2cccnc2)n2ncc(Br)c2n1.OC[C@H]1CCCC[C@H]1Nc1cc(NCc2cccnc2)n2ncc(Br)c2n1.[O-][n+]1cccc(CNc2cc(N[C@H]3CCCC[C@H]3CO)nc3c(Br)cnn23)c1. The average Bonchev–Trinajstić information content (AvgIpc) is 1.67. The molecular formula is C74H90Br4N26O5. The zero-order chi connectivity index (χ0) is 75.6. The highest BCUT2D eigenvalue weighted by Crippen LogP contribution is 2.35. The van der Waals surface area contributed by atoms with E-state index in [4.69, 9.17) is 25.7 Å². The number of aromatic nitrogens is 17. The minimum atomic E-state index is 0.185. The molecule has 574 valence electrons. The third-order valence-electron chi connectivity index (χ3n) is 20.3. The molecule has 12 aromatic rings. The van der Waals surface area contributed by atoms with E-state index in [2.05, 4.69) is 147 Å². The van der Waals surface area contributed by atoms with E-state index in [0.717, 1.165) is 185 Å². The number of aliphatic hydroxyl groups is 4. The van der Waals surface area contributed by atoms with Crippen molar-refractivity contribution in [2.24, 2.45) is 23.7 Å². The Labute approximate surface area is 663 Å². The van der Waals surface area contributed by atoms with Gasteiger partial charge in [0.1, 0.15) is 46.5 Å². The van der Waals surface area contributed by atoms with Gasteiger partial charge in [-0.3, -0.25) is 9.97 Å². The summed E-state index contributed by atoms with van der Waals surface area (Å²) < 4.78 is 11.1. The van der Waals surface area contributed by atoms with Crippen molar-refractivity contribution in [3.63, 3.8) is 0 Å². The van der Waals surface area contributed by atoms with Crippen LogP contribution in [-0.4, -0.2) is 149 Å². The number of nitrogens with zero attached hydrogens (tertiary/aromatic N) is 17. The Morgan fingerprint density at radius 1 is 0.404 bits per heavy atom. The van der Waals surface area contributed by atoms with Crippen LogP contribution in [0.4, 0.5) is 52.5 Å². The first kappa shape index (κ1) is 77.9. The number of nitrogens with two attached hydrogens (primary N) is 1. The number of halogens is 4. The van der Waals surface area contributed by atoms with Crippen LogP contribution in [0.25, 0.3) is 22.6 Å². The Morgan fingerprint density at radius 3 is 1.05 bits per heavy atom. The van der Waals surface area contributed by atoms with E-state index in [0.29, 0.717) is 31.8 Å². The van der Waals surface area contributed by atoms with E-state index < -0.39 is 0 Å². The number of nitrogen functional groups attached to an aromatic ring is 1. The maximum absolute atomic E-state index is 11.5. The Kier molecular flexibility index (Phi) is 27.1. The van der Waals surface area contributed by atoms with Crippen molar-refractivity contribution in [3.8, 4) is 0 Å². The lowest BCUT2D eigenvalue weighted by atomic mass is 9.85. The number of anilines is 9. The third kappa shape index (κ3) is 20.2. The second-order valence-electron chi connectivity index (χ2n) is 27.7. The predicted octanol–water partition coefficient (Wildman–Crippen LogP) is 11.7. The van der Waals surface area contributed by atoms with E-state index in [1.165, 1.54) is 31.7 Å². The normalized spacial score (nSPS) is 19.7. The van der Waals surface area contributed by atoms with E-state index in [-0.39, 0.29) is 80.2 Å². The van der Waals surface area contributed by atoms with Gasteiger partial charge in [0.2, 0.25) is 5.95 Å². The van der Waals surface area contributed by atoms with Crippen LogP contribution in [0.2, 0.25) is 0 Å². The van der Waals surface area contributed by atoms with Crippen molar-refractivity contribution in [2.75, 3.05) is 74.7 Å². The van der Waals surface area contributed by atoms with Gasteiger partial charge in [0.15, 0.2) is 35.0 Å². The molecule has 12 heterocycles. The summed E-state index contributed by atoms with van der Waals surface area (Å²) in [6.45, 7) is 3.11. The topological polar surface area (TPSA) is 402 Å². The lowest BCUT2D eigenvalue weighted by Gasteiger charge is -2.31. The highest BCUT2D eigenvalue weighted by Gasteiger charge is 2.30. The lowest BCUT2D eigenvalue weighted by Crippen LogP contribution is -2.34. The van der Waals surface area contributed by atoms with Crippen LogP contribution in [0.1, 0.15) is 119 Å². The van der Waals surface area contributed by atoms with Gasteiger partial charge < -0.3 is 73.9 Å². The number of rotatable bonds is 24. The van der Waals surface area contributed by atoms with E-state index in [1.54, 1.807) is 73.7 Å². The zero-order valence-electron chi connectivity index (χ0n) is 60.0. The van der Waals surface area contributed by atoms with Crippen molar-refractivity contribution in [1.82, 2.24) is 78.3 Å². The fourth-order valence-corrected chi connectivity index (χ4v) is 15.8. The molecule has 0 saturated heterocycles. The van der Waals surface area contributed by atoms with Crippen molar-refractivity contribution < 1.29 is 25.2 Å². The smallest absolute Gasteiger partial charge is 0.219 e. The number of nitrogens with one attached hydrogen (secondary N) is 8. The Bertz CT molecular complexity index is 4910. The summed E-state index contributed by atoms with van der Waals surface area (Å²) in [5, 5.41) is 95.3. The number of aliphatic hydroxyl groups excluding tert-OH is 4. The standard InChI is InChI=1S/C19H23BrN6O2.C19H23BrN6O.C18H23BrN8O.C18H21BrN6O/c20-15-10-22-26-18(21-9-13-4-3-7-25(28)11-13)8-17(24-19(15)26)23-16-6-2-1-5-14(16)12-27;20-15-11-23-26-18(22-10-13-4-3-7-21-9-13)8-17(25-19(15)26)24-16-6-2-1-5-14(16)12-27;19-13-9-24-27-16(21-6-11-7-22-18(20)23-8-11)5-15(26-17(13)27)25-14-4-2-1-3-12(14)10-28;19-14-10-22-25-17(21-9-12-3-2-6-20-8-12)7-16(24-18(14)25)23-15-5-1-4-13(15)11-26/h3-4,7-8,10-11,14,16,21,27H,1-2,5-6,9,12H2,(H,23,24);3-4,7-9,11,14,16,22,27H,1-2,5-6,10,12H2,(H,24,25);5,7-9,12,14,21,28H,1-4,6,10H2,(H,25,26)(H2,20,22,23);2-3,6-8,10,13,15,21,26H,1,4-5,9,11H2,(H,23,24)/t2*14-,16-;12-,14-;13-,15-/m0110/s1. The number of hydrogen-bond donors (Lipinski definition) is 13. The highest BCUT2D eigenvalue weighted by atomic mass is 79.9. The summed E-state index contributed by atoms with van der Waals surface area (Å²) in [6, 6.07) is 20.2. The molecular weight excluding hydrogens is 1650 g/mol. The van der Waals surface area contributed by atoms with Crippen LogP contribution in [-0.2, 0) is 26.2 Å². The molecule has 4 saturated carbocycles. The quantitative estimate of drug-likeness (QED) is 0.0197. The van der Waals surface area contributed by atoms with Crippen molar-refractivity contribution in [2.45, 2.75) is 147 Å². The number of fused-ring (bicyclic) bond motifs is 4. The van der Waals surface area contributed by atoms with Crippen LogP contribution in [0, 0.1) is 28.9 Å². The van der Waals surface area contributed by atoms with Crippen molar-refractivity contribution in [3.05, 3.63) is 180 Å². The lowest BCUT2D eigenvalue weighted by molar-refractivity contribution is -0.605. The number of pyridine rings is 3. The molecule has 0 bridgehead atoms. The first-order valence-corrected chi connectivity index (χ1v) is 40.1. The summed E-state index contributed by atoms with van der Waals surface area (Å²) >= 11 is 14.1. The first-order valence-electron chi connectivity index (χ1n) is 36.9. The Morgan fingerprint density at radius 2 is 0.716 bits per heavy atom. The second kappa shape index (κ2) is 37.9. The van der Waals surface area contributed by atoms with Crippen LogP contribution in [0.15, 0.2) is 153 Å². The van der Waals surface area contributed by atoms with Gasteiger partial charge in [-0.1, -0.05) is 57.1 Å². The third-order valence-corrected chi connectivity index (χ3v) is 22.5. The van der Waals surface area contributed by atoms with Gasteiger partial charge in [-0.2, -0.15) is 43.2 Å². The monoisotopic (exact) mass is 1740 g/mol. The molecule has 16 rings (SSSR count). The van der Waals surface area contributed by atoms with Crippen molar-refractivity contribution in [1.29, 1.82) is 0 Å². The molecule has 4 aliphatic rings. The van der Waals surface area contributed by atoms with Crippen LogP contribution in [0.5, 0.6) is 0 Å². The molecule has 0 spiro atoms. The second-order valence-corrected chi connectivity index (χ2v) is 31.2. The van der Waals surface area contributed by atoms with E-state index >= 15 is 0 Å². The molecule has 8 atom stereocenters. The largest absolute Gasteiger partial charge is 0.619 e. The summed E-state index contributed by atoms with van der Waals surface area (Å²) in [6.07, 6.45) is 37.0. The molecule has 14 N–H and O–H groups in total. The minimum Gasteiger partial charge on any atom is -0.619 e. The molecule has 35 heteroatoms. The summed E-state index contributed by atoms with van der Waals surface area (Å²) in [5.41, 5.74) is 12.4. The van der Waals surface area contributed by atoms with E-state index in [9.17, 15) is 25.6 Å². The van der Waals surface area contributed by atoms with Gasteiger partial charge >= 0.3 is 0 Å². The van der Waals surface area contributed by atoms with Crippen molar-refractivity contribution >= 4 is 139 Å². The fourth-order valence-electron chi connectivity index (χ4n) is 14.4. The molecule has 0 amide bonds. The van der Waals surface area contributed by atoms with Crippen LogP contribution >= 0.6 is 63.7 Å². The summed E-state index contributed by atoms with van der Waals surface area (Å²) in [4.78, 5) is 35.2. The molecule has 0 aliphatic heterocycles. The maximum atomic E-state index is 11.5. The molecule has 0 unspecified atom stereocenters. The van der Waals surface area contributed by atoms with Gasteiger partial charge in [0.05, 0.1) is 42.7 Å².